The fraction of sp³-hybridized carbons (Fsp3) is 0.516. The number of benzene rings is 5. The van der Waals surface area contributed by atoms with Crippen LogP contribution in [0.15, 0.2) is 140 Å². The number of unbranched alkanes of at least 4 members (excludes halogenated alkanes) is 17. The molecule has 2 atom stereocenters. The molecule has 12 nitrogen and oxygen atoms in total. The van der Waals surface area contributed by atoms with Gasteiger partial charge >= 0.3 is 0 Å². The van der Waals surface area contributed by atoms with Crippen molar-refractivity contribution in [2.24, 2.45) is 0 Å². The van der Waals surface area contributed by atoms with E-state index >= 15 is 0 Å². The van der Waals surface area contributed by atoms with Crippen molar-refractivity contribution >= 4 is 54.4 Å². The van der Waals surface area contributed by atoms with Crippen LogP contribution >= 0.6 is 0 Å². The van der Waals surface area contributed by atoms with Crippen LogP contribution in [0.5, 0.6) is 0 Å². The summed E-state index contributed by atoms with van der Waals surface area (Å²) in [5.41, 5.74) is 7.31. The molecule has 5 aromatic rings. The molecule has 0 aliphatic heterocycles. The van der Waals surface area contributed by atoms with Crippen LogP contribution in [0.3, 0.4) is 0 Å². The molecule has 0 fully saturated rings. The lowest BCUT2D eigenvalue weighted by Gasteiger charge is -2.45. The van der Waals surface area contributed by atoms with Gasteiger partial charge in [-0.2, -0.15) is 0 Å². The van der Waals surface area contributed by atoms with Gasteiger partial charge < -0.3 is 28.1 Å². The Balaban J connectivity index is 1.54. The van der Waals surface area contributed by atoms with Crippen LogP contribution in [0.25, 0.3) is 0 Å². The van der Waals surface area contributed by atoms with E-state index in [9.17, 15) is 25.9 Å². The molecule has 5 rings (SSSR count). The van der Waals surface area contributed by atoms with Gasteiger partial charge in [-0.3, -0.25) is 0 Å². The largest absolute Gasteiger partial charge is 0.746 e. The Morgan fingerprint density at radius 1 is 0.408 bits per heavy atom. The number of hydrogen-bond donors (Lipinski definition) is 0. The number of ether oxygens (including phenoxy) is 4. The van der Waals surface area contributed by atoms with E-state index < -0.39 is 44.3 Å². The summed E-state index contributed by atoms with van der Waals surface area (Å²) >= 11 is 0. The van der Waals surface area contributed by atoms with E-state index in [-0.39, 0.29) is 35.4 Å². The average molecular weight is 1090 g/mol. The molecule has 0 radical (unpaired) electrons. The molecule has 0 spiro atoms. The van der Waals surface area contributed by atoms with Crippen molar-refractivity contribution in [3.8, 4) is 0 Å². The van der Waals surface area contributed by atoms with Crippen molar-refractivity contribution in [3.63, 3.8) is 0 Å². The van der Waals surface area contributed by atoms with Gasteiger partial charge in [-0.25, -0.2) is 25.8 Å². The average Bonchev–Trinajstić information content (AvgIpc) is 3.48. The van der Waals surface area contributed by atoms with Gasteiger partial charge in [-0.05, 0) is 75.2 Å². The molecule has 0 aliphatic rings. The summed E-state index contributed by atoms with van der Waals surface area (Å²) in [5.74, 6) is -1.85. The van der Waals surface area contributed by atoms with E-state index in [0.717, 1.165) is 53.4 Å². The highest BCUT2D eigenvalue weighted by molar-refractivity contribution is 7.85. The first-order valence-corrected chi connectivity index (χ1v) is 31.3. The van der Waals surface area contributed by atoms with Crippen LogP contribution in [0.1, 0.15) is 142 Å². The van der Waals surface area contributed by atoms with Crippen molar-refractivity contribution in [1.29, 1.82) is 0 Å². The van der Waals surface area contributed by atoms with Gasteiger partial charge in [0.15, 0.2) is 0 Å². The van der Waals surface area contributed by atoms with Gasteiger partial charge in [0, 0.05) is 11.6 Å². The molecule has 0 saturated heterocycles. The molecule has 76 heavy (non-hydrogen) atoms. The summed E-state index contributed by atoms with van der Waals surface area (Å²) < 4.78 is 92.2. The van der Waals surface area contributed by atoms with Crippen molar-refractivity contribution in [3.05, 3.63) is 145 Å². The van der Waals surface area contributed by atoms with E-state index in [4.69, 9.17) is 18.9 Å². The predicted octanol–water partition coefficient (Wildman–Crippen LogP) is 15.1. The third-order valence-electron chi connectivity index (χ3n) is 14.3. The fourth-order valence-electron chi connectivity index (χ4n) is 10.7. The zero-order valence-electron chi connectivity index (χ0n) is 45.8. The van der Waals surface area contributed by atoms with Crippen molar-refractivity contribution in [1.82, 2.24) is 8.97 Å². The minimum Gasteiger partial charge on any atom is -0.746 e. The normalized spacial score (nSPS) is 13.2. The van der Waals surface area contributed by atoms with E-state index in [1.807, 2.05) is 38.1 Å². The maximum atomic E-state index is 11.4. The third kappa shape index (κ3) is 20.8. The molecule has 5 aromatic carbocycles. The van der Waals surface area contributed by atoms with Gasteiger partial charge in [-0.1, -0.05) is 201 Å². The van der Waals surface area contributed by atoms with Gasteiger partial charge in [0.25, 0.3) is 0 Å². The monoisotopic (exact) mass is 1080 g/mol. The minimum absolute atomic E-state index is 0.0681. The van der Waals surface area contributed by atoms with Gasteiger partial charge in [0.2, 0.25) is 11.4 Å². The van der Waals surface area contributed by atoms with E-state index in [0.29, 0.717) is 13.1 Å². The van der Waals surface area contributed by atoms with Gasteiger partial charge in [0.05, 0.1) is 26.4 Å². The summed E-state index contributed by atoms with van der Waals surface area (Å²) in [7, 11) is -9.12. The first-order chi connectivity index (χ1) is 36.8. The molecule has 0 heterocycles. The molecule has 0 aliphatic carbocycles. The van der Waals surface area contributed by atoms with Crippen LogP contribution in [0.4, 0.5) is 34.1 Å². The molecule has 2 unspecified atom stereocenters. The molecule has 0 aromatic heterocycles. The summed E-state index contributed by atoms with van der Waals surface area (Å²) in [6.45, 7) is 7.15. The number of nitrogens with zero attached hydrogens (tertiary/aromatic N) is 2. The van der Waals surface area contributed by atoms with E-state index in [2.05, 4.69) is 122 Å². The SMILES string of the molecule is CCCCCCCCCCCCCCCCCCCCc1cccc([N+](CC(C)OCCOCS(=O)(=O)[O-])(c2ccccc2)c2ccccc2)c1[N+](CC(C)OCCOCS(=O)(=O)[O-])(c1ccccc1)c1ccccc1. The zero-order valence-corrected chi connectivity index (χ0v) is 47.5. The highest BCUT2D eigenvalue weighted by Gasteiger charge is 2.50. The fourth-order valence-corrected chi connectivity index (χ4v) is 11.4. The number of para-hydroxylation sites is 5. The lowest BCUT2D eigenvalue weighted by atomic mass is 9.95. The van der Waals surface area contributed by atoms with Crippen LogP contribution < -0.4 is 8.97 Å². The second-order valence-corrected chi connectivity index (χ2v) is 23.1. The van der Waals surface area contributed by atoms with Gasteiger partial charge in [-0.15, -0.1) is 0 Å². The summed E-state index contributed by atoms with van der Waals surface area (Å²) in [5, 5.41) is 0. The first kappa shape index (κ1) is 62.5. The smallest absolute Gasteiger partial charge is 0.208 e. The Morgan fingerprint density at radius 2 is 0.737 bits per heavy atom. The maximum absolute atomic E-state index is 11.4. The Morgan fingerprint density at radius 3 is 1.09 bits per heavy atom. The Kier molecular flexibility index (Phi) is 27.9. The summed E-state index contributed by atoms with van der Waals surface area (Å²) in [4.78, 5) is 0. The highest BCUT2D eigenvalue weighted by atomic mass is 32.2. The number of aryl methyl sites for hydroxylation is 1. The molecule has 0 saturated carbocycles. The van der Waals surface area contributed by atoms with Crippen LogP contribution in [0, 0.1) is 0 Å². The molecule has 0 amide bonds. The van der Waals surface area contributed by atoms with Crippen molar-refractivity contribution < 1.29 is 44.9 Å². The molecule has 0 bridgehead atoms. The lowest BCUT2D eigenvalue weighted by molar-refractivity contribution is 0.0148. The van der Waals surface area contributed by atoms with Gasteiger partial charge in [0.1, 0.15) is 80.2 Å². The zero-order chi connectivity index (χ0) is 54.4. The topological polar surface area (TPSA) is 151 Å². The maximum Gasteiger partial charge on any atom is 0.208 e. The Labute approximate surface area is 457 Å². The van der Waals surface area contributed by atoms with Crippen LogP contribution in [0.2, 0.25) is 0 Å². The predicted molar refractivity (Wildman–Crippen MR) is 309 cm³/mol. The summed E-state index contributed by atoms with van der Waals surface area (Å²) in [6.07, 6.45) is 23.4. The van der Waals surface area contributed by atoms with E-state index in [1.165, 1.54) is 108 Å². The van der Waals surface area contributed by atoms with E-state index in [1.54, 1.807) is 0 Å². The molecule has 0 N–H and O–H groups in total. The first-order valence-electron chi connectivity index (χ1n) is 28.2. The number of hydrogen-bond acceptors (Lipinski definition) is 10. The number of quaternary nitrogens is 2. The highest BCUT2D eigenvalue weighted by Crippen LogP contribution is 2.56. The van der Waals surface area contributed by atoms with Crippen LogP contribution in [-0.2, 0) is 45.6 Å². The van der Waals surface area contributed by atoms with Crippen molar-refractivity contribution in [2.75, 3.05) is 51.4 Å². The minimum atomic E-state index is -4.56. The summed E-state index contributed by atoms with van der Waals surface area (Å²) in [6, 6.07) is 48.6. The number of rotatable bonds is 41. The second kappa shape index (κ2) is 33.9. The molecular formula is C62H88N2O10S2. The molecular weight excluding hydrogens is 997 g/mol. The Bertz CT molecular complexity index is 2480. The molecule has 418 valence electrons. The lowest BCUT2D eigenvalue weighted by Crippen LogP contribution is -2.50. The Hall–Kier alpha value is -4.32. The quantitative estimate of drug-likeness (QED) is 0.0210. The molecule has 14 heteroatoms. The van der Waals surface area contributed by atoms with Crippen LogP contribution in [-0.4, -0.2) is 89.5 Å². The standard InChI is InChI=1S/C62H88N2O10S2/c1-4-5-6-7-8-9-10-11-12-13-14-15-16-17-18-19-20-25-35-56-36-34-45-61(63(57-37-26-21-27-38-57,58-39-28-22-29-40-58)50-54(2)73-48-46-71-52-75(65,66)67)62(56)64(59-41-30-23-31-42-59,60-43-32-24-33-44-60)51-55(3)74-49-47-72-53-76(68,69)70/h21-24,26-34,36-45,54-55H,4-20,25,35,46-53H2,1-3H3. The van der Waals surface area contributed by atoms with Crippen molar-refractivity contribution in [2.45, 2.75) is 155 Å². The second-order valence-electron chi connectivity index (χ2n) is 20.4. The third-order valence-corrected chi connectivity index (χ3v) is 15.2.